The van der Waals surface area contributed by atoms with Crippen LogP contribution in [0.2, 0.25) is 10.0 Å². The minimum atomic E-state index is -0.428. The van der Waals surface area contributed by atoms with Crippen LogP contribution in [0.15, 0.2) is 28.7 Å². The van der Waals surface area contributed by atoms with E-state index in [1.165, 1.54) is 29.2 Å². The van der Waals surface area contributed by atoms with Gasteiger partial charge in [0.2, 0.25) is 5.91 Å². The van der Waals surface area contributed by atoms with Crippen LogP contribution >= 0.6 is 46.3 Å². The summed E-state index contributed by atoms with van der Waals surface area (Å²) in [5.41, 5.74) is 1.18. The Morgan fingerprint density at radius 2 is 2.07 bits per heavy atom. The molecule has 158 valence electrons. The second kappa shape index (κ2) is 9.78. The van der Waals surface area contributed by atoms with Crippen molar-refractivity contribution < 1.29 is 9.59 Å². The predicted octanol–water partition coefficient (Wildman–Crippen LogP) is 4.11. The smallest absolute Gasteiger partial charge is 0.253 e. The van der Waals surface area contributed by atoms with Crippen molar-refractivity contribution in [3.8, 4) is 0 Å². The Bertz CT molecular complexity index is 1080. The van der Waals surface area contributed by atoms with Crippen LogP contribution in [0.1, 0.15) is 34.8 Å². The van der Waals surface area contributed by atoms with Crippen LogP contribution in [-0.2, 0) is 11.8 Å². The van der Waals surface area contributed by atoms with Gasteiger partial charge in [0, 0.05) is 17.5 Å². The number of rotatable bonds is 7. The van der Waals surface area contributed by atoms with Crippen molar-refractivity contribution in [1.29, 1.82) is 0 Å². The van der Waals surface area contributed by atoms with Crippen LogP contribution in [-0.4, -0.2) is 37.3 Å². The van der Waals surface area contributed by atoms with Crippen LogP contribution in [0.4, 0.5) is 5.13 Å². The Hall–Kier alpha value is -2.14. The van der Waals surface area contributed by atoms with Gasteiger partial charge in [-0.3, -0.25) is 9.59 Å². The second-order valence-electron chi connectivity index (χ2n) is 6.35. The van der Waals surface area contributed by atoms with Crippen LogP contribution in [0.25, 0.3) is 0 Å². The normalized spacial score (nSPS) is 11.9. The maximum Gasteiger partial charge on any atom is 0.253 e. The minimum absolute atomic E-state index is 0.158. The number of nitrogens with one attached hydrogen (secondary N) is 2. The molecule has 3 rings (SSSR count). The number of anilines is 1. The number of hydrogen-bond acceptors (Lipinski definition) is 7. The molecule has 0 fully saturated rings. The summed E-state index contributed by atoms with van der Waals surface area (Å²) in [6.07, 6.45) is 0. The zero-order chi connectivity index (χ0) is 21.8. The van der Waals surface area contributed by atoms with Gasteiger partial charge in [0.05, 0.1) is 28.1 Å². The van der Waals surface area contributed by atoms with Gasteiger partial charge in [0.15, 0.2) is 16.1 Å². The molecule has 0 aliphatic rings. The number of halogens is 2. The molecule has 0 aliphatic heterocycles. The van der Waals surface area contributed by atoms with Crippen molar-refractivity contribution in [3.63, 3.8) is 0 Å². The molecular formula is C18H18Cl2N6O2S2. The van der Waals surface area contributed by atoms with Gasteiger partial charge in [0.1, 0.15) is 0 Å². The van der Waals surface area contributed by atoms with Gasteiger partial charge in [0.25, 0.3) is 5.91 Å². The lowest BCUT2D eigenvalue weighted by molar-refractivity contribution is -0.113. The van der Waals surface area contributed by atoms with E-state index in [1.807, 2.05) is 12.3 Å². The van der Waals surface area contributed by atoms with Gasteiger partial charge in [-0.2, -0.15) is 0 Å². The number of hydrogen-bond donors (Lipinski definition) is 2. The molecule has 0 radical (unpaired) electrons. The van der Waals surface area contributed by atoms with Gasteiger partial charge >= 0.3 is 0 Å². The lowest BCUT2D eigenvalue weighted by Gasteiger charge is -2.14. The Kier molecular flexibility index (Phi) is 7.35. The third-order valence-corrected chi connectivity index (χ3v) is 6.42. The summed E-state index contributed by atoms with van der Waals surface area (Å²) in [5, 5.41) is 17.6. The molecular weight excluding hydrogens is 467 g/mol. The van der Waals surface area contributed by atoms with Crippen LogP contribution in [0.5, 0.6) is 0 Å². The fraction of sp³-hybridized carbons (Fsp3) is 0.278. The summed E-state index contributed by atoms with van der Waals surface area (Å²) in [4.78, 5) is 28.8. The van der Waals surface area contributed by atoms with Crippen LogP contribution in [0, 0.1) is 6.92 Å². The zero-order valence-electron chi connectivity index (χ0n) is 16.3. The average molecular weight is 485 g/mol. The van der Waals surface area contributed by atoms with Crippen LogP contribution in [0.3, 0.4) is 0 Å². The number of benzene rings is 1. The van der Waals surface area contributed by atoms with E-state index in [1.54, 1.807) is 30.7 Å². The highest BCUT2D eigenvalue weighted by molar-refractivity contribution is 7.99. The third-order valence-electron chi connectivity index (χ3n) is 3.98. The number of thioether (sulfide) groups is 1. The first-order chi connectivity index (χ1) is 14.2. The first-order valence-corrected chi connectivity index (χ1v) is 11.4. The Morgan fingerprint density at radius 3 is 2.73 bits per heavy atom. The Labute approximate surface area is 191 Å². The molecule has 0 aliphatic carbocycles. The number of nitrogens with zero attached hydrogens (tertiary/aromatic N) is 4. The highest BCUT2D eigenvalue weighted by Gasteiger charge is 2.20. The monoisotopic (exact) mass is 484 g/mol. The lowest BCUT2D eigenvalue weighted by Crippen LogP contribution is -2.28. The summed E-state index contributed by atoms with van der Waals surface area (Å²) in [7, 11) is 1.78. The molecule has 8 nitrogen and oxygen atoms in total. The molecule has 2 heterocycles. The number of aromatic nitrogens is 4. The van der Waals surface area contributed by atoms with Gasteiger partial charge in [-0.1, -0.05) is 35.0 Å². The van der Waals surface area contributed by atoms with E-state index in [9.17, 15) is 9.59 Å². The minimum Gasteiger partial charge on any atom is -0.342 e. The summed E-state index contributed by atoms with van der Waals surface area (Å²) in [6.45, 7) is 3.65. The maximum atomic E-state index is 12.5. The van der Waals surface area contributed by atoms with E-state index < -0.39 is 6.04 Å². The van der Waals surface area contributed by atoms with E-state index in [0.29, 0.717) is 26.7 Å². The third kappa shape index (κ3) is 5.51. The van der Waals surface area contributed by atoms with Crippen LogP contribution < -0.4 is 10.6 Å². The number of thiazole rings is 1. The van der Waals surface area contributed by atoms with Gasteiger partial charge in [-0.25, -0.2) is 4.98 Å². The molecule has 12 heteroatoms. The second-order valence-corrected chi connectivity index (χ2v) is 8.99. The number of carbonyl (C=O) groups is 2. The fourth-order valence-corrected chi connectivity index (χ4v) is 4.46. The quantitative estimate of drug-likeness (QED) is 0.489. The predicted molar refractivity (Wildman–Crippen MR) is 120 cm³/mol. The van der Waals surface area contributed by atoms with Gasteiger partial charge < -0.3 is 15.2 Å². The van der Waals surface area contributed by atoms with E-state index >= 15 is 0 Å². The van der Waals surface area contributed by atoms with Crippen molar-refractivity contribution >= 4 is 63.2 Å². The number of amides is 2. The molecule has 3 aromatic rings. The van der Waals surface area contributed by atoms with E-state index in [4.69, 9.17) is 23.2 Å². The zero-order valence-corrected chi connectivity index (χ0v) is 19.4. The van der Waals surface area contributed by atoms with Crippen molar-refractivity contribution in [2.75, 3.05) is 11.1 Å². The fourth-order valence-electron chi connectivity index (χ4n) is 2.54. The highest BCUT2D eigenvalue weighted by atomic mass is 35.5. The molecule has 1 aromatic carbocycles. The van der Waals surface area contributed by atoms with Crippen molar-refractivity contribution in [2.24, 2.45) is 7.05 Å². The molecule has 2 amide bonds. The van der Waals surface area contributed by atoms with Gasteiger partial charge in [-0.15, -0.1) is 21.5 Å². The summed E-state index contributed by atoms with van der Waals surface area (Å²) in [5.74, 6) is 0.176. The SMILES string of the molecule is Cc1csc(NC(=O)CSc2nnc([C@H](C)NC(=O)c3ccc(Cl)cc3Cl)n2C)n1. The Morgan fingerprint density at radius 1 is 1.30 bits per heavy atom. The van der Waals surface area contributed by atoms with Crippen molar-refractivity contribution in [3.05, 3.63) is 50.7 Å². The first-order valence-electron chi connectivity index (χ1n) is 8.74. The van der Waals surface area contributed by atoms with Crippen molar-refractivity contribution in [1.82, 2.24) is 25.1 Å². The topological polar surface area (TPSA) is 102 Å². The van der Waals surface area contributed by atoms with Gasteiger partial charge in [-0.05, 0) is 32.0 Å². The summed E-state index contributed by atoms with van der Waals surface area (Å²) < 4.78 is 1.74. The molecule has 0 spiro atoms. The molecule has 30 heavy (non-hydrogen) atoms. The molecule has 0 unspecified atom stereocenters. The molecule has 0 saturated carbocycles. The first kappa shape index (κ1) is 22.5. The summed E-state index contributed by atoms with van der Waals surface area (Å²) >= 11 is 14.6. The molecule has 0 bridgehead atoms. The molecule has 2 aromatic heterocycles. The highest BCUT2D eigenvalue weighted by Crippen LogP contribution is 2.23. The number of carbonyl (C=O) groups excluding carboxylic acids is 2. The molecule has 2 N–H and O–H groups in total. The average Bonchev–Trinajstić information content (AvgIpc) is 3.25. The largest absolute Gasteiger partial charge is 0.342 e. The molecule has 0 saturated heterocycles. The standard InChI is InChI=1S/C18H18Cl2N6O2S2/c1-9-7-29-17(21-9)23-14(27)8-30-18-25-24-15(26(18)3)10(2)22-16(28)12-5-4-11(19)6-13(12)20/h4-7,10H,8H2,1-3H3,(H,22,28)(H,21,23,27)/t10-/m0/s1. The van der Waals surface area contributed by atoms with Crippen molar-refractivity contribution in [2.45, 2.75) is 25.0 Å². The van der Waals surface area contributed by atoms with E-state index in [2.05, 4.69) is 25.8 Å². The maximum absolute atomic E-state index is 12.5. The number of aryl methyl sites for hydroxylation is 1. The molecule has 1 atom stereocenters. The Balaban J connectivity index is 1.59. The van der Waals surface area contributed by atoms with E-state index in [0.717, 1.165) is 5.69 Å². The summed E-state index contributed by atoms with van der Waals surface area (Å²) in [6, 6.07) is 4.25. The van der Waals surface area contributed by atoms with E-state index in [-0.39, 0.29) is 22.6 Å². The lowest BCUT2D eigenvalue weighted by atomic mass is 10.2.